The average molecular weight is 375 g/mol. The van der Waals surface area contributed by atoms with Gasteiger partial charge in [0.1, 0.15) is 18.1 Å². The molecule has 0 bridgehead atoms. The number of carbonyl (C=O) groups excluding carboxylic acids is 1. The third kappa shape index (κ3) is 4.23. The van der Waals surface area contributed by atoms with Crippen molar-refractivity contribution < 1.29 is 14.1 Å². The lowest BCUT2D eigenvalue weighted by Gasteiger charge is -2.07. The van der Waals surface area contributed by atoms with Gasteiger partial charge in [0, 0.05) is 29.9 Å². The van der Waals surface area contributed by atoms with Gasteiger partial charge in [-0.25, -0.2) is 0 Å². The van der Waals surface area contributed by atoms with Crippen molar-refractivity contribution in [3.8, 4) is 5.75 Å². The fourth-order valence-electron chi connectivity index (χ4n) is 2.39. The van der Waals surface area contributed by atoms with Gasteiger partial charge < -0.3 is 14.6 Å². The van der Waals surface area contributed by atoms with Crippen molar-refractivity contribution in [1.29, 1.82) is 0 Å². The zero-order valence-corrected chi connectivity index (χ0v) is 15.3. The van der Waals surface area contributed by atoms with Crippen LogP contribution in [-0.4, -0.2) is 20.8 Å². The van der Waals surface area contributed by atoms with Gasteiger partial charge in [-0.15, -0.1) is 0 Å². The van der Waals surface area contributed by atoms with E-state index in [2.05, 4.69) is 15.6 Å². The van der Waals surface area contributed by atoms with Crippen LogP contribution in [0, 0.1) is 6.92 Å². The van der Waals surface area contributed by atoms with Gasteiger partial charge >= 0.3 is 0 Å². The molecule has 0 fully saturated rings. The number of aromatic nitrogens is 3. The van der Waals surface area contributed by atoms with E-state index in [1.807, 2.05) is 13.1 Å². The molecule has 0 saturated heterocycles. The summed E-state index contributed by atoms with van der Waals surface area (Å²) in [6, 6.07) is 7.05. The summed E-state index contributed by atoms with van der Waals surface area (Å²) in [6.07, 6.45) is 3.61. The number of amides is 1. The molecule has 0 aliphatic rings. The summed E-state index contributed by atoms with van der Waals surface area (Å²) in [5.41, 5.74) is 1.73. The normalized spacial score (nSPS) is 10.7. The van der Waals surface area contributed by atoms with Gasteiger partial charge in [0.25, 0.3) is 5.91 Å². The summed E-state index contributed by atoms with van der Waals surface area (Å²) in [7, 11) is 0. The molecule has 1 amide bonds. The Morgan fingerprint density at radius 1 is 1.42 bits per heavy atom. The molecule has 1 aromatic carbocycles. The van der Waals surface area contributed by atoms with Crippen molar-refractivity contribution in [2.24, 2.45) is 0 Å². The summed E-state index contributed by atoms with van der Waals surface area (Å²) in [5.74, 6) is 0.822. The van der Waals surface area contributed by atoms with Gasteiger partial charge in [-0.3, -0.25) is 9.48 Å². The molecule has 0 saturated carbocycles. The molecule has 0 aliphatic heterocycles. The van der Waals surface area contributed by atoms with Crippen molar-refractivity contribution in [2.75, 3.05) is 0 Å². The van der Waals surface area contributed by atoms with Crippen LogP contribution in [0.25, 0.3) is 0 Å². The minimum absolute atomic E-state index is 0.159. The SMILES string of the molecule is CCn1cc(CNC(=O)c2noc(C)c2COc2cccc(Cl)c2)cn1. The van der Waals surface area contributed by atoms with Crippen LogP contribution in [0.4, 0.5) is 0 Å². The number of hydrogen-bond donors (Lipinski definition) is 1. The lowest BCUT2D eigenvalue weighted by molar-refractivity contribution is 0.0939. The first-order chi connectivity index (χ1) is 12.6. The Labute approximate surface area is 155 Å². The van der Waals surface area contributed by atoms with Crippen LogP contribution in [0.3, 0.4) is 0 Å². The zero-order valence-electron chi connectivity index (χ0n) is 14.5. The molecule has 2 aromatic heterocycles. The quantitative estimate of drug-likeness (QED) is 0.685. The van der Waals surface area contributed by atoms with Gasteiger partial charge in [-0.2, -0.15) is 5.10 Å². The number of aryl methyl sites for hydroxylation is 2. The second-order valence-electron chi connectivity index (χ2n) is 5.70. The second kappa shape index (κ2) is 8.05. The van der Waals surface area contributed by atoms with Gasteiger partial charge in [0.2, 0.25) is 0 Å². The van der Waals surface area contributed by atoms with Crippen LogP contribution >= 0.6 is 11.6 Å². The summed E-state index contributed by atoms with van der Waals surface area (Å²) in [6.45, 7) is 5.04. The highest BCUT2D eigenvalue weighted by Crippen LogP contribution is 2.21. The van der Waals surface area contributed by atoms with Crippen LogP contribution in [0.2, 0.25) is 5.02 Å². The Morgan fingerprint density at radius 2 is 2.27 bits per heavy atom. The summed E-state index contributed by atoms with van der Waals surface area (Å²) < 4.78 is 12.7. The molecule has 2 heterocycles. The van der Waals surface area contributed by atoms with Crippen LogP contribution in [-0.2, 0) is 19.7 Å². The summed E-state index contributed by atoms with van der Waals surface area (Å²) in [5, 5.41) is 11.4. The smallest absolute Gasteiger partial charge is 0.274 e. The number of ether oxygens (including phenoxy) is 1. The summed E-state index contributed by atoms with van der Waals surface area (Å²) in [4.78, 5) is 12.5. The van der Waals surface area contributed by atoms with E-state index in [0.29, 0.717) is 28.6 Å². The van der Waals surface area contributed by atoms with E-state index in [1.54, 1.807) is 42.1 Å². The van der Waals surface area contributed by atoms with Crippen molar-refractivity contribution in [2.45, 2.75) is 33.5 Å². The first-order valence-corrected chi connectivity index (χ1v) is 8.57. The standard InChI is InChI=1S/C18H19ClN4O3/c1-3-23-10-13(9-21-23)8-20-18(24)17-16(12(2)26-22-17)11-25-15-6-4-5-14(19)7-15/h4-7,9-10H,3,8,11H2,1-2H3,(H,20,24). The number of halogens is 1. The largest absolute Gasteiger partial charge is 0.489 e. The molecule has 0 atom stereocenters. The van der Waals surface area contributed by atoms with Gasteiger partial charge in [-0.1, -0.05) is 22.8 Å². The zero-order chi connectivity index (χ0) is 18.5. The van der Waals surface area contributed by atoms with Crippen molar-refractivity contribution >= 4 is 17.5 Å². The lowest BCUT2D eigenvalue weighted by Crippen LogP contribution is -2.24. The van der Waals surface area contributed by atoms with Gasteiger partial charge in [0.15, 0.2) is 5.69 Å². The Morgan fingerprint density at radius 3 is 3.00 bits per heavy atom. The predicted molar refractivity (Wildman–Crippen MR) is 96.1 cm³/mol. The van der Waals surface area contributed by atoms with Crippen LogP contribution in [0.1, 0.15) is 34.3 Å². The molecule has 3 aromatic rings. The lowest BCUT2D eigenvalue weighted by atomic mass is 10.2. The maximum absolute atomic E-state index is 12.5. The number of benzene rings is 1. The Balaban J connectivity index is 1.65. The molecule has 0 spiro atoms. The molecule has 0 radical (unpaired) electrons. The molecule has 0 aliphatic carbocycles. The molecule has 26 heavy (non-hydrogen) atoms. The first-order valence-electron chi connectivity index (χ1n) is 8.20. The third-order valence-corrected chi connectivity index (χ3v) is 4.08. The van der Waals surface area contributed by atoms with Gasteiger partial charge in [0.05, 0.1) is 11.8 Å². The van der Waals surface area contributed by atoms with E-state index >= 15 is 0 Å². The number of nitrogens with one attached hydrogen (secondary N) is 1. The molecule has 136 valence electrons. The maximum atomic E-state index is 12.5. The molecule has 7 nitrogen and oxygen atoms in total. The molecular weight excluding hydrogens is 356 g/mol. The Kier molecular flexibility index (Phi) is 5.58. The predicted octanol–water partition coefficient (Wildman–Crippen LogP) is 3.36. The van der Waals surface area contributed by atoms with Crippen LogP contribution in [0.15, 0.2) is 41.2 Å². The van der Waals surface area contributed by atoms with Crippen molar-refractivity contribution in [1.82, 2.24) is 20.3 Å². The number of nitrogens with zero attached hydrogens (tertiary/aromatic N) is 3. The minimum Gasteiger partial charge on any atom is -0.489 e. The van der Waals surface area contributed by atoms with Gasteiger partial charge in [-0.05, 0) is 32.0 Å². The third-order valence-electron chi connectivity index (χ3n) is 3.84. The molecule has 0 unspecified atom stereocenters. The molecule has 1 N–H and O–H groups in total. The number of hydrogen-bond acceptors (Lipinski definition) is 5. The fraction of sp³-hybridized carbons (Fsp3) is 0.278. The van der Waals surface area contributed by atoms with E-state index in [4.69, 9.17) is 20.9 Å². The number of carbonyl (C=O) groups is 1. The first kappa shape index (κ1) is 18.0. The van der Waals surface area contributed by atoms with Crippen LogP contribution < -0.4 is 10.1 Å². The second-order valence-corrected chi connectivity index (χ2v) is 6.14. The number of rotatable bonds is 7. The fourth-order valence-corrected chi connectivity index (χ4v) is 2.57. The topological polar surface area (TPSA) is 82.2 Å². The highest BCUT2D eigenvalue weighted by atomic mass is 35.5. The van der Waals surface area contributed by atoms with Crippen LogP contribution in [0.5, 0.6) is 5.75 Å². The minimum atomic E-state index is -0.323. The monoisotopic (exact) mass is 374 g/mol. The molecule has 8 heteroatoms. The van der Waals surface area contributed by atoms with E-state index in [0.717, 1.165) is 12.1 Å². The van der Waals surface area contributed by atoms with E-state index < -0.39 is 0 Å². The summed E-state index contributed by atoms with van der Waals surface area (Å²) >= 11 is 5.95. The Hall–Kier alpha value is -2.80. The van der Waals surface area contributed by atoms with Crippen molar-refractivity contribution in [3.05, 3.63) is 64.3 Å². The van der Waals surface area contributed by atoms with E-state index in [-0.39, 0.29) is 18.2 Å². The maximum Gasteiger partial charge on any atom is 0.274 e. The highest BCUT2D eigenvalue weighted by molar-refractivity contribution is 6.30. The Bertz CT molecular complexity index is 903. The molecular formula is C18H19ClN4O3. The van der Waals surface area contributed by atoms with E-state index in [9.17, 15) is 4.79 Å². The average Bonchev–Trinajstić information content (AvgIpc) is 3.24. The molecule has 3 rings (SSSR count). The van der Waals surface area contributed by atoms with E-state index in [1.165, 1.54) is 0 Å². The van der Waals surface area contributed by atoms with Crippen molar-refractivity contribution in [3.63, 3.8) is 0 Å². The highest BCUT2D eigenvalue weighted by Gasteiger charge is 2.20.